The van der Waals surface area contributed by atoms with E-state index in [1.54, 1.807) is 13.8 Å². The van der Waals surface area contributed by atoms with Crippen LogP contribution in [0.1, 0.15) is 29.2 Å². The predicted molar refractivity (Wildman–Crippen MR) is 106 cm³/mol. The summed E-state index contributed by atoms with van der Waals surface area (Å²) < 4.78 is 31.0. The molecule has 0 fully saturated rings. The van der Waals surface area contributed by atoms with Crippen LogP contribution in [-0.4, -0.2) is 17.3 Å². The smallest absolute Gasteiger partial charge is 0.387 e. The molecule has 1 N–H and O–H groups in total. The lowest BCUT2D eigenvalue weighted by Gasteiger charge is -2.30. The van der Waals surface area contributed by atoms with Crippen LogP contribution in [0.2, 0.25) is 0 Å². The SMILES string of the molecule is CC1=NC(c2cccc(Br)c2)(c2cc(C)c(OC(F)F)c(C)c2)NC1=S. The molecule has 1 heterocycles. The molecule has 136 valence electrons. The van der Waals surface area contributed by atoms with Gasteiger partial charge in [-0.15, -0.1) is 0 Å². The average Bonchev–Trinajstić information content (AvgIpc) is 2.87. The Hall–Kier alpha value is -1.86. The summed E-state index contributed by atoms with van der Waals surface area (Å²) in [5.74, 6) is 0.189. The number of aryl methyl sites for hydroxylation is 2. The van der Waals surface area contributed by atoms with Crippen LogP contribution in [0, 0.1) is 13.8 Å². The lowest BCUT2D eigenvalue weighted by molar-refractivity contribution is -0.0507. The molecule has 1 aliphatic rings. The summed E-state index contributed by atoms with van der Waals surface area (Å²) >= 11 is 8.89. The molecule has 2 aromatic carbocycles. The highest BCUT2D eigenvalue weighted by molar-refractivity contribution is 9.10. The van der Waals surface area contributed by atoms with E-state index in [0.29, 0.717) is 16.1 Å². The second kappa shape index (κ2) is 7.04. The highest BCUT2D eigenvalue weighted by atomic mass is 79.9. The summed E-state index contributed by atoms with van der Waals surface area (Å²) in [5, 5.41) is 3.31. The van der Waals surface area contributed by atoms with E-state index in [0.717, 1.165) is 21.3 Å². The Morgan fingerprint density at radius 3 is 2.27 bits per heavy atom. The van der Waals surface area contributed by atoms with Crippen molar-refractivity contribution in [1.82, 2.24) is 5.32 Å². The van der Waals surface area contributed by atoms with Gasteiger partial charge in [-0.25, -0.2) is 4.99 Å². The lowest BCUT2D eigenvalue weighted by atomic mass is 9.89. The van der Waals surface area contributed by atoms with E-state index in [9.17, 15) is 8.78 Å². The molecule has 3 nitrogen and oxygen atoms in total. The molecule has 1 unspecified atom stereocenters. The number of benzene rings is 2. The first kappa shape index (κ1) is 18.9. The number of nitrogens with one attached hydrogen (secondary N) is 1. The molecule has 0 amide bonds. The number of ether oxygens (including phenoxy) is 1. The third kappa shape index (κ3) is 3.38. The minimum atomic E-state index is -2.87. The van der Waals surface area contributed by atoms with Gasteiger partial charge in [0.2, 0.25) is 0 Å². The van der Waals surface area contributed by atoms with Crippen molar-refractivity contribution in [3.63, 3.8) is 0 Å². The molecule has 2 aromatic rings. The van der Waals surface area contributed by atoms with Crippen molar-refractivity contribution in [2.45, 2.75) is 33.0 Å². The molecule has 0 bridgehead atoms. The normalized spacial score (nSPS) is 19.5. The van der Waals surface area contributed by atoms with E-state index in [1.165, 1.54) is 0 Å². The summed E-state index contributed by atoms with van der Waals surface area (Å²) in [4.78, 5) is 5.37. The van der Waals surface area contributed by atoms with Gasteiger partial charge >= 0.3 is 6.61 Å². The number of alkyl halides is 2. The van der Waals surface area contributed by atoms with Crippen molar-refractivity contribution in [2.75, 3.05) is 0 Å². The fourth-order valence-corrected chi connectivity index (χ4v) is 3.77. The van der Waals surface area contributed by atoms with Crippen LogP contribution in [0.15, 0.2) is 45.9 Å². The highest BCUT2D eigenvalue weighted by Gasteiger charge is 2.40. The maximum atomic E-state index is 12.7. The van der Waals surface area contributed by atoms with Gasteiger partial charge in [-0.05, 0) is 56.2 Å². The summed E-state index contributed by atoms with van der Waals surface area (Å²) in [6.45, 7) is 2.47. The Kier molecular flexibility index (Phi) is 5.12. The number of aliphatic imine (C=N–C) groups is 1. The Morgan fingerprint density at radius 2 is 1.77 bits per heavy atom. The molecule has 0 aliphatic carbocycles. The molecule has 3 rings (SSSR count). The number of nitrogens with zero attached hydrogens (tertiary/aromatic N) is 1. The van der Waals surface area contributed by atoms with E-state index in [4.69, 9.17) is 17.2 Å². The molecule has 0 radical (unpaired) electrons. The molecular formula is C19H17BrF2N2OS. The summed E-state index contributed by atoms with van der Waals surface area (Å²) in [7, 11) is 0. The standard InChI is InChI=1S/C19H17BrF2N2OS/c1-10-7-14(8-11(2)16(10)25-18(21)22)19(23-12(3)17(26)24-19)13-5-4-6-15(20)9-13/h4-9,18H,1-3H3,(H,24,26). The first-order chi connectivity index (χ1) is 12.2. The van der Waals surface area contributed by atoms with Gasteiger partial charge in [-0.2, -0.15) is 8.78 Å². The highest BCUT2D eigenvalue weighted by Crippen LogP contribution is 2.39. The quantitative estimate of drug-likeness (QED) is 0.660. The Morgan fingerprint density at radius 1 is 1.12 bits per heavy atom. The number of thiocarbonyl (C=S) groups is 1. The molecule has 0 aromatic heterocycles. The lowest BCUT2D eigenvalue weighted by Crippen LogP contribution is -2.40. The molecule has 1 atom stereocenters. The predicted octanol–water partition coefficient (Wildman–Crippen LogP) is 5.26. The third-order valence-electron chi connectivity index (χ3n) is 4.29. The Balaban J connectivity index is 2.20. The summed E-state index contributed by atoms with van der Waals surface area (Å²) in [6, 6.07) is 11.4. The summed E-state index contributed by atoms with van der Waals surface area (Å²) in [5.41, 5.74) is 2.76. The number of hydrogen-bond acceptors (Lipinski definition) is 3. The first-order valence-corrected chi connectivity index (χ1v) is 9.14. The number of rotatable bonds is 4. The van der Waals surface area contributed by atoms with Gasteiger partial charge in [0.15, 0.2) is 5.66 Å². The maximum absolute atomic E-state index is 12.7. The maximum Gasteiger partial charge on any atom is 0.387 e. The second-order valence-electron chi connectivity index (χ2n) is 6.19. The largest absolute Gasteiger partial charge is 0.434 e. The minimum Gasteiger partial charge on any atom is -0.434 e. The molecule has 0 saturated carbocycles. The van der Waals surface area contributed by atoms with Crippen molar-refractivity contribution < 1.29 is 13.5 Å². The fraction of sp³-hybridized carbons (Fsp3) is 0.263. The molecule has 0 saturated heterocycles. The van der Waals surface area contributed by atoms with Gasteiger partial charge in [0.1, 0.15) is 10.7 Å². The monoisotopic (exact) mass is 438 g/mol. The van der Waals surface area contributed by atoms with Crippen LogP contribution in [0.5, 0.6) is 5.75 Å². The fourth-order valence-electron chi connectivity index (χ4n) is 3.17. The molecular weight excluding hydrogens is 422 g/mol. The van der Waals surface area contributed by atoms with Crippen molar-refractivity contribution in [3.05, 3.63) is 63.1 Å². The number of hydrogen-bond donors (Lipinski definition) is 1. The van der Waals surface area contributed by atoms with E-state index in [1.807, 2.05) is 43.3 Å². The Labute approximate surface area is 164 Å². The molecule has 26 heavy (non-hydrogen) atoms. The van der Waals surface area contributed by atoms with Gasteiger partial charge in [-0.1, -0.05) is 40.3 Å². The zero-order valence-corrected chi connectivity index (χ0v) is 16.8. The van der Waals surface area contributed by atoms with Crippen molar-refractivity contribution in [3.8, 4) is 5.75 Å². The van der Waals surface area contributed by atoms with E-state index in [2.05, 4.69) is 26.0 Å². The zero-order chi connectivity index (χ0) is 19.1. The van der Waals surface area contributed by atoms with Gasteiger partial charge < -0.3 is 10.1 Å². The van der Waals surface area contributed by atoms with E-state index in [-0.39, 0.29) is 5.75 Å². The summed E-state index contributed by atoms with van der Waals surface area (Å²) in [6.07, 6.45) is 0. The van der Waals surface area contributed by atoms with Crippen LogP contribution in [0.25, 0.3) is 0 Å². The van der Waals surface area contributed by atoms with Crippen LogP contribution in [0.4, 0.5) is 8.78 Å². The van der Waals surface area contributed by atoms with Crippen molar-refractivity contribution in [2.24, 2.45) is 4.99 Å². The minimum absolute atomic E-state index is 0.189. The average molecular weight is 439 g/mol. The third-order valence-corrected chi connectivity index (χ3v) is 5.18. The van der Waals surface area contributed by atoms with Crippen LogP contribution in [-0.2, 0) is 5.66 Å². The molecule has 0 spiro atoms. The van der Waals surface area contributed by atoms with Crippen molar-refractivity contribution >= 4 is 38.8 Å². The van der Waals surface area contributed by atoms with Gasteiger partial charge in [-0.3, -0.25) is 0 Å². The van der Waals surface area contributed by atoms with Gasteiger partial charge in [0.25, 0.3) is 0 Å². The van der Waals surface area contributed by atoms with Crippen LogP contribution >= 0.6 is 28.1 Å². The number of halogens is 3. The van der Waals surface area contributed by atoms with Crippen LogP contribution < -0.4 is 10.1 Å². The zero-order valence-electron chi connectivity index (χ0n) is 14.4. The molecule has 1 aliphatic heterocycles. The van der Waals surface area contributed by atoms with E-state index >= 15 is 0 Å². The molecule has 7 heteroatoms. The Bertz CT molecular complexity index is 893. The second-order valence-corrected chi connectivity index (χ2v) is 7.51. The first-order valence-electron chi connectivity index (χ1n) is 7.94. The van der Waals surface area contributed by atoms with Crippen molar-refractivity contribution in [1.29, 1.82) is 0 Å². The van der Waals surface area contributed by atoms with E-state index < -0.39 is 12.3 Å². The van der Waals surface area contributed by atoms with Crippen LogP contribution in [0.3, 0.4) is 0 Å². The topological polar surface area (TPSA) is 33.6 Å². The van der Waals surface area contributed by atoms with Gasteiger partial charge in [0.05, 0.1) is 5.71 Å². The van der Waals surface area contributed by atoms with Gasteiger partial charge in [0, 0.05) is 15.6 Å².